The van der Waals surface area contributed by atoms with Gasteiger partial charge in [-0.05, 0) is 32.0 Å². The molecule has 0 fully saturated rings. The van der Waals surface area contributed by atoms with Crippen molar-refractivity contribution in [1.29, 1.82) is 0 Å². The molecule has 90 valence electrons. The summed E-state index contributed by atoms with van der Waals surface area (Å²) in [4.78, 5) is 4.34. The van der Waals surface area contributed by atoms with E-state index in [2.05, 4.69) is 20.5 Å². The van der Waals surface area contributed by atoms with Gasteiger partial charge in [-0.15, -0.1) is 0 Å². The third kappa shape index (κ3) is 2.82. The topological polar surface area (TPSA) is 79.6 Å². The highest BCUT2D eigenvalue weighted by atomic mass is 15.2. The molecular weight excluding hydrogens is 214 g/mol. The second kappa shape index (κ2) is 5.45. The molecule has 0 aliphatic heterocycles. The number of H-pyrrole nitrogens is 1. The maximum Gasteiger partial charge on any atom is 0.183 e. The van der Waals surface area contributed by atoms with E-state index in [4.69, 9.17) is 5.73 Å². The number of para-hydroxylation sites is 1. The number of aromatic amines is 1. The minimum atomic E-state index is 0.689. The lowest BCUT2D eigenvalue weighted by Gasteiger charge is -2.09. The largest absolute Gasteiger partial charge is 0.384 e. The molecule has 0 amide bonds. The molecule has 0 bridgehead atoms. The first kappa shape index (κ1) is 11.6. The molecule has 17 heavy (non-hydrogen) atoms. The van der Waals surface area contributed by atoms with Gasteiger partial charge in [0.1, 0.15) is 5.82 Å². The van der Waals surface area contributed by atoms with E-state index >= 15 is 0 Å². The molecule has 1 heterocycles. The number of rotatable bonds is 5. The summed E-state index contributed by atoms with van der Waals surface area (Å²) < 4.78 is 0. The van der Waals surface area contributed by atoms with Crippen LogP contribution in [-0.2, 0) is 0 Å². The fourth-order valence-electron chi connectivity index (χ4n) is 1.62. The smallest absolute Gasteiger partial charge is 0.183 e. The minimum absolute atomic E-state index is 0.689. The van der Waals surface area contributed by atoms with Crippen molar-refractivity contribution in [3.05, 3.63) is 30.1 Å². The number of hydrogen-bond acceptors (Lipinski definition) is 4. The van der Waals surface area contributed by atoms with E-state index in [1.807, 2.05) is 31.2 Å². The van der Waals surface area contributed by atoms with Crippen LogP contribution in [0, 0.1) is 6.92 Å². The number of hydrogen-bond donors (Lipinski definition) is 3. The van der Waals surface area contributed by atoms with Crippen LogP contribution in [0.3, 0.4) is 0 Å². The molecule has 0 spiro atoms. The van der Waals surface area contributed by atoms with Gasteiger partial charge >= 0.3 is 0 Å². The average molecular weight is 231 g/mol. The van der Waals surface area contributed by atoms with E-state index in [-0.39, 0.29) is 0 Å². The molecule has 0 radical (unpaired) electrons. The van der Waals surface area contributed by atoms with Crippen molar-refractivity contribution in [3.63, 3.8) is 0 Å². The fourth-order valence-corrected chi connectivity index (χ4v) is 1.62. The molecule has 0 aliphatic rings. The Labute approximate surface area is 100 Å². The fraction of sp³-hybridized carbons (Fsp3) is 0.333. The highest BCUT2D eigenvalue weighted by Crippen LogP contribution is 2.24. The van der Waals surface area contributed by atoms with Gasteiger partial charge in [0.2, 0.25) is 0 Å². The lowest BCUT2D eigenvalue weighted by Crippen LogP contribution is -2.09. The van der Waals surface area contributed by atoms with Crippen molar-refractivity contribution in [3.8, 4) is 11.4 Å². The summed E-state index contributed by atoms with van der Waals surface area (Å²) in [5.41, 5.74) is 7.53. The summed E-state index contributed by atoms with van der Waals surface area (Å²) in [5, 5.41) is 10.4. The molecule has 0 unspecified atom stereocenters. The number of nitrogens with one attached hydrogen (secondary N) is 2. The van der Waals surface area contributed by atoms with Gasteiger partial charge in [0.15, 0.2) is 5.82 Å². The van der Waals surface area contributed by atoms with Gasteiger partial charge in [-0.1, -0.05) is 12.1 Å². The zero-order valence-electron chi connectivity index (χ0n) is 9.90. The molecule has 5 nitrogen and oxygen atoms in total. The summed E-state index contributed by atoms with van der Waals surface area (Å²) in [6.45, 7) is 3.44. The summed E-state index contributed by atoms with van der Waals surface area (Å²) >= 11 is 0. The highest BCUT2D eigenvalue weighted by Gasteiger charge is 2.08. The maximum absolute atomic E-state index is 5.48. The predicted octanol–water partition coefficient (Wildman–Crippen LogP) is 1.54. The van der Waals surface area contributed by atoms with Crippen LogP contribution >= 0.6 is 0 Å². The summed E-state index contributed by atoms with van der Waals surface area (Å²) in [6.07, 6.45) is 0.946. The van der Waals surface area contributed by atoms with Gasteiger partial charge in [-0.3, -0.25) is 5.10 Å². The van der Waals surface area contributed by atoms with Crippen molar-refractivity contribution in [1.82, 2.24) is 15.2 Å². The van der Waals surface area contributed by atoms with Gasteiger partial charge < -0.3 is 11.1 Å². The van der Waals surface area contributed by atoms with Crippen LogP contribution in [0.5, 0.6) is 0 Å². The minimum Gasteiger partial charge on any atom is -0.384 e. The third-order valence-corrected chi connectivity index (χ3v) is 2.46. The SMILES string of the molecule is Cc1nc(-c2ccccc2NCCCN)n[nH]1. The van der Waals surface area contributed by atoms with Crippen LogP contribution in [0.4, 0.5) is 5.69 Å². The summed E-state index contributed by atoms with van der Waals surface area (Å²) in [5.74, 6) is 1.54. The lowest BCUT2D eigenvalue weighted by molar-refractivity contribution is 0.874. The number of anilines is 1. The van der Waals surface area contributed by atoms with Crippen LogP contribution in [0.15, 0.2) is 24.3 Å². The normalized spacial score (nSPS) is 10.5. The van der Waals surface area contributed by atoms with Crippen LogP contribution in [0.25, 0.3) is 11.4 Å². The van der Waals surface area contributed by atoms with Crippen molar-refractivity contribution in [2.24, 2.45) is 5.73 Å². The number of aromatic nitrogens is 3. The highest BCUT2D eigenvalue weighted by molar-refractivity contribution is 5.73. The quantitative estimate of drug-likeness (QED) is 0.682. The Balaban J connectivity index is 2.21. The maximum atomic E-state index is 5.48. The summed E-state index contributed by atoms with van der Waals surface area (Å²) in [6, 6.07) is 8.01. The Morgan fingerprint density at radius 3 is 2.88 bits per heavy atom. The van der Waals surface area contributed by atoms with Gasteiger partial charge in [-0.25, -0.2) is 4.98 Å². The Kier molecular flexibility index (Phi) is 3.72. The van der Waals surface area contributed by atoms with E-state index in [1.54, 1.807) is 0 Å². The van der Waals surface area contributed by atoms with Gasteiger partial charge in [0.25, 0.3) is 0 Å². The van der Waals surface area contributed by atoms with Gasteiger partial charge in [0.05, 0.1) is 0 Å². The molecule has 2 rings (SSSR count). The zero-order valence-corrected chi connectivity index (χ0v) is 9.90. The monoisotopic (exact) mass is 231 g/mol. The molecule has 0 saturated carbocycles. The molecule has 1 aromatic carbocycles. The van der Waals surface area contributed by atoms with Crippen molar-refractivity contribution < 1.29 is 0 Å². The van der Waals surface area contributed by atoms with Crippen LogP contribution in [-0.4, -0.2) is 28.3 Å². The number of nitrogens with two attached hydrogens (primary N) is 1. The second-order valence-corrected chi connectivity index (χ2v) is 3.86. The molecule has 2 aromatic rings. The van der Waals surface area contributed by atoms with Crippen LogP contribution in [0.1, 0.15) is 12.2 Å². The predicted molar refractivity (Wildman–Crippen MR) is 68.7 cm³/mol. The Morgan fingerprint density at radius 1 is 1.35 bits per heavy atom. The second-order valence-electron chi connectivity index (χ2n) is 3.86. The lowest BCUT2D eigenvalue weighted by atomic mass is 10.1. The van der Waals surface area contributed by atoms with Crippen LogP contribution in [0.2, 0.25) is 0 Å². The Bertz CT molecular complexity index is 477. The zero-order chi connectivity index (χ0) is 12.1. The van der Waals surface area contributed by atoms with E-state index in [1.165, 1.54) is 0 Å². The van der Waals surface area contributed by atoms with E-state index in [0.717, 1.165) is 35.9 Å². The molecular formula is C12H17N5. The number of nitrogens with zero attached hydrogens (tertiary/aromatic N) is 2. The molecule has 0 aliphatic carbocycles. The first-order valence-corrected chi connectivity index (χ1v) is 5.73. The number of benzene rings is 1. The number of aryl methyl sites for hydroxylation is 1. The average Bonchev–Trinajstić information content (AvgIpc) is 2.77. The molecule has 0 atom stereocenters. The van der Waals surface area contributed by atoms with Crippen molar-refractivity contribution in [2.45, 2.75) is 13.3 Å². The van der Waals surface area contributed by atoms with Gasteiger partial charge in [0, 0.05) is 17.8 Å². The Hall–Kier alpha value is -1.88. The Morgan fingerprint density at radius 2 is 2.18 bits per heavy atom. The first-order chi connectivity index (χ1) is 8.31. The van der Waals surface area contributed by atoms with E-state index < -0.39 is 0 Å². The van der Waals surface area contributed by atoms with Gasteiger partial charge in [-0.2, -0.15) is 5.10 Å². The molecule has 0 saturated heterocycles. The first-order valence-electron chi connectivity index (χ1n) is 5.73. The molecule has 1 aromatic heterocycles. The van der Waals surface area contributed by atoms with Crippen molar-refractivity contribution in [2.75, 3.05) is 18.4 Å². The van der Waals surface area contributed by atoms with Crippen LogP contribution < -0.4 is 11.1 Å². The molecule has 4 N–H and O–H groups in total. The van der Waals surface area contributed by atoms with Crippen molar-refractivity contribution >= 4 is 5.69 Å². The van der Waals surface area contributed by atoms with E-state index in [9.17, 15) is 0 Å². The van der Waals surface area contributed by atoms with E-state index in [0.29, 0.717) is 6.54 Å². The third-order valence-electron chi connectivity index (χ3n) is 2.46. The molecule has 5 heteroatoms. The summed E-state index contributed by atoms with van der Waals surface area (Å²) in [7, 11) is 0. The standard InChI is InChI=1S/C12H17N5/c1-9-15-12(17-16-9)10-5-2-3-6-11(10)14-8-4-7-13/h2-3,5-6,14H,4,7-8,13H2,1H3,(H,15,16,17).